The zero-order valence-corrected chi connectivity index (χ0v) is 26.2. The summed E-state index contributed by atoms with van der Waals surface area (Å²) in [5, 5.41) is 6.73. The Labute approximate surface area is 236 Å². The summed E-state index contributed by atoms with van der Waals surface area (Å²) in [5.74, 6) is 1.46. The molecule has 0 aliphatic carbocycles. The van der Waals surface area contributed by atoms with Gasteiger partial charge in [0.15, 0.2) is 18.2 Å². The SMILES string of the molecule is COc1cc(S(C)(=O)=O)c(Cl)cc1Nc1nccc(-c2cnc3c(c2)C(C)(CO[Si](C)(C)C(C)(C)C)CN3)n1. The predicted octanol–water partition coefficient (Wildman–Crippen LogP) is 6.05. The molecule has 9 nitrogen and oxygen atoms in total. The number of pyridine rings is 1. The highest BCUT2D eigenvalue weighted by molar-refractivity contribution is 7.90. The third-order valence-electron chi connectivity index (χ3n) is 7.59. The quantitative estimate of drug-likeness (QED) is 0.303. The molecule has 0 bridgehead atoms. The van der Waals surface area contributed by atoms with Gasteiger partial charge in [0.2, 0.25) is 5.95 Å². The fourth-order valence-corrected chi connectivity index (χ4v) is 6.48. The van der Waals surface area contributed by atoms with E-state index in [4.69, 9.17) is 20.8 Å². The maximum absolute atomic E-state index is 12.1. The van der Waals surface area contributed by atoms with Crippen LogP contribution in [0, 0.1) is 0 Å². The van der Waals surface area contributed by atoms with Crippen LogP contribution < -0.4 is 15.4 Å². The zero-order chi connectivity index (χ0) is 28.8. The first-order valence-corrected chi connectivity index (χ1v) is 17.8. The van der Waals surface area contributed by atoms with Gasteiger partial charge in [0.25, 0.3) is 0 Å². The fourth-order valence-electron chi connectivity index (χ4n) is 4.05. The number of rotatable bonds is 8. The molecule has 1 aromatic carbocycles. The first-order chi connectivity index (χ1) is 18.0. The van der Waals surface area contributed by atoms with Crippen LogP contribution in [0.1, 0.15) is 33.3 Å². The Kier molecular flexibility index (Phi) is 7.76. The van der Waals surface area contributed by atoms with Crippen LogP contribution in [0.25, 0.3) is 11.3 Å². The molecule has 3 heterocycles. The molecule has 0 saturated heterocycles. The number of aromatic nitrogens is 3. The average molecular weight is 590 g/mol. The summed E-state index contributed by atoms with van der Waals surface area (Å²) in [6.07, 6.45) is 4.53. The summed E-state index contributed by atoms with van der Waals surface area (Å²) in [6, 6.07) is 6.80. The van der Waals surface area contributed by atoms with Crippen molar-refractivity contribution in [2.75, 3.05) is 37.2 Å². The highest BCUT2D eigenvalue weighted by Crippen LogP contribution is 2.42. The number of fused-ring (bicyclic) bond motifs is 1. The molecule has 1 unspecified atom stereocenters. The Hall–Kier alpha value is -2.73. The lowest BCUT2D eigenvalue weighted by molar-refractivity contribution is 0.220. The van der Waals surface area contributed by atoms with Gasteiger partial charge in [-0.3, -0.25) is 0 Å². The van der Waals surface area contributed by atoms with Crippen LogP contribution in [0.5, 0.6) is 5.75 Å². The van der Waals surface area contributed by atoms with Gasteiger partial charge in [-0.2, -0.15) is 0 Å². The van der Waals surface area contributed by atoms with E-state index in [1.54, 1.807) is 12.4 Å². The Morgan fingerprint density at radius 1 is 1.21 bits per heavy atom. The number of methoxy groups -OCH3 is 1. The number of ether oxygens (including phenoxy) is 1. The predicted molar refractivity (Wildman–Crippen MR) is 159 cm³/mol. The minimum Gasteiger partial charge on any atom is -0.495 e. The largest absolute Gasteiger partial charge is 0.495 e. The number of hydrogen-bond donors (Lipinski definition) is 2. The van der Waals surface area contributed by atoms with Crippen molar-refractivity contribution in [2.24, 2.45) is 0 Å². The molecule has 2 aromatic heterocycles. The third-order valence-corrected chi connectivity index (χ3v) is 13.6. The number of nitrogens with zero attached hydrogens (tertiary/aromatic N) is 3. The molecule has 0 radical (unpaired) electrons. The number of halogens is 1. The molecule has 210 valence electrons. The second-order valence-electron chi connectivity index (χ2n) is 11.7. The van der Waals surface area contributed by atoms with Gasteiger partial charge in [0.1, 0.15) is 11.6 Å². The van der Waals surface area contributed by atoms with Crippen molar-refractivity contribution in [3.8, 4) is 17.0 Å². The minimum atomic E-state index is -3.52. The van der Waals surface area contributed by atoms with E-state index in [-0.39, 0.29) is 20.4 Å². The summed E-state index contributed by atoms with van der Waals surface area (Å²) in [7, 11) is -3.99. The van der Waals surface area contributed by atoms with E-state index in [0.29, 0.717) is 29.7 Å². The molecular weight excluding hydrogens is 554 g/mol. The van der Waals surface area contributed by atoms with Crippen LogP contribution in [0.4, 0.5) is 17.5 Å². The lowest BCUT2D eigenvalue weighted by atomic mass is 9.85. The molecule has 12 heteroatoms. The van der Waals surface area contributed by atoms with Crippen LogP contribution in [-0.4, -0.2) is 58.2 Å². The van der Waals surface area contributed by atoms with Crippen molar-refractivity contribution in [2.45, 2.75) is 56.1 Å². The van der Waals surface area contributed by atoms with Crippen molar-refractivity contribution in [3.63, 3.8) is 0 Å². The fraction of sp³-hybridized carbons (Fsp3) is 0.444. The van der Waals surface area contributed by atoms with Crippen LogP contribution in [0.2, 0.25) is 23.2 Å². The van der Waals surface area contributed by atoms with Gasteiger partial charge in [-0.25, -0.2) is 23.4 Å². The van der Waals surface area contributed by atoms with Gasteiger partial charge in [-0.1, -0.05) is 39.3 Å². The molecule has 1 atom stereocenters. The molecule has 1 aliphatic heterocycles. The topological polar surface area (TPSA) is 115 Å². The van der Waals surface area contributed by atoms with E-state index in [1.165, 1.54) is 19.2 Å². The van der Waals surface area contributed by atoms with Crippen molar-refractivity contribution < 1.29 is 17.6 Å². The summed E-state index contributed by atoms with van der Waals surface area (Å²) in [6.45, 7) is 14.8. The van der Waals surface area contributed by atoms with E-state index < -0.39 is 18.2 Å². The first kappa shape index (κ1) is 29.3. The highest BCUT2D eigenvalue weighted by Gasteiger charge is 2.42. The highest BCUT2D eigenvalue weighted by atomic mass is 35.5. The van der Waals surface area contributed by atoms with Gasteiger partial charge >= 0.3 is 0 Å². The van der Waals surface area contributed by atoms with Gasteiger partial charge in [0, 0.05) is 54.4 Å². The van der Waals surface area contributed by atoms with Gasteiger partial charge in [0.05, 0.1) is 28.4 Å². The van der Waals surface area contributed by atoms with Crippen molar-refractivity contribution in [3.05, 3.63) is 47.2 Å². The zero-order valence-electron chi connectivity index (χ0n) is 23.6. The molecule has 1 aliphatic rings. The van der Waals surface area contributed by atoms with Crippen LogP contribution >= 0.6 is 11.6 Å². The number of hydrogen-bond acceptors (Lipinski definition) is 9. The number of sulfone groups is 1. The second kappa shape index (κ2) is 10.3. The standard InChI is InChI=1S/C27H36ClN5O4SSi/c1-26(2,3)39(7,8)37-16-27(4)15-31-24-18(27)11-17(14-30-24)20-9-10-29-25(32-20)33-21-12-19(28)23(38(6,34)35)13-22(21)36-5/h9-14H,15-16H2,1-8H3,(H,30,31)(H,29,32,33). The Bertz CT molecular complexity index is 1510. The molecular formula is C27H36ClN5O4SSi. The van der Waals surface area contributed by atoms with E-state index >= 15 is 0 Å². The Morgan fingerprint density at radius 3 is 2.56 bits per heavy atom. The molecule has 0 saturated carbocycles. The first-order valence-electron chi connectivity index (χ1n) is 12.6. The third kappa shape index (κ3) is 6.06. The van der Waals surface area contributed by atoms with Crippen molar-refractivity contribution >= 4 is 47.2 Å². The average Bonchev–Trinajstić information content (AvgIpc) is 3.18. The molecule has 0 fully saturated rings. The molecule has 4 rings (SSSR count). The summed E-state index contributed by atoms with van der Waals surface area (Å²) in [4.78, 5) is 13.7. The summed E-state index contributed by atoms with van der Waals surface area (Å²) >= 11 is 6.26. The van der Waals surface area contributed by atoms with E-state index in [9.17, 15) is 8.42 Å². The molecule has 0 amide bonds. The van der Waals surface area contributed by atoms with Crippen LogP contribution in [0.3, 0.4) is 0 Å². The van der Waals surface area contributed by atoms with Crippen molar-refractivity contribution in [1.82, 2.24) is 15.0 Å². The summed E-state index contributed by atoms with van der Waals surface area (Å²) in [5.41, 5.74) is 2.84. The Morgan fingerprint density at radius 2 is 1.92 bits per heavy atom. The number of benzene rings is 1. The van der Waals surface area contributed by atoms with E-state index in [1.807, 2.05) is 6.07 Å². The molecule has 0 spiro atoms. The smallest absolute Gasteiger partial charge is 0.227 e. The minimum absolute atomic E-state index is 0.0142. The Balaban J connectivity index is 1.62. The monoisotopic (exact) mass is 589 g/mol. The van der Waals surface area contributed by atoms with Crippen LogP contribution in [-0.2, 0) is 19.7 Å². The molecule has 39 heavy (non-hydrogen) atoms. The van der Waals surface area contributed by atoms with Crippen molar-refractivity contribution in [1.29, 1.82) is 0 Å². The molecule has 2 N–H and O–H groups in total. The maximum Gasteiger partial charge on any atom is 0.227 e. The second-order valence-corrected chi connectivity index (χ2v) is 18.9. The maximum atomic E-state index is 12.1. The van der Waals surface area contributed by atoms with Gasteiger partial charge in [-0.15, -0.1) is 0 Å². The van der Waals surface area contributed by atoms with E-state index in [2.05, 4.69) is 72.4 Å². The van der Waals surface area contributed by atoms with Crippen LogP contribution in [0.15, 0.2) is 41.6 Å². The normalized spacial score (nSPS) is 17.5. The van der Waals surface area contributed by atoms with Gasteiger partial charge in [-0.05, 0) is 36.3 Å². The number of anilines is 3. The summed E-state index contributed by atoms with van der Waals surface area (Å²) < 4.78 is 36.1. The van der Waals surface area contributed by atoms with Gasteiger partial charge < -0.3 is 19.8 Å². The lowest BCUT2D eigenvalue weighted by Gasteiger charge is -2.39. The van der Waals surface area contributed by atoms with E-state index in [0.717, 1.165) is 29.7 Å². The molecule has 3 aromatic rings. The number of nitrogens with one attached hydrogen (secondary N) is 2. The lowest BCUT2D eigenvalue weighted by Crippen LogP contribution is -2.45.